The van der Waals surface area contributed by atoms with E-state index in [1.807, 2.05) is 11.3 Å². The topological polar surface area (TPSA) is 42.7 Å². The maximum Gasteiger partial charge on any atom is 0.149 e. The Hall–Kier alpha value is -1.20. The van der Waals surface area contributed by atoms with Crippen LogP contribution in [0.25, 0.3) is 0 Å². The first-order valence-corrected chi connectivity index (χ1v) is 7.76. The minimum Gasteiger partial charge on any atom is -0.314 e. The number of hydrogen-bond donors (Lipinski definition) is 1. The first-order chi connectivity index (χ1) is 9.24. The van der Waals surface area contributed by atoms with Crippen molar-refractivity contribution in [1.29, 1.82) is 0 Å². The normalized spacial score (nSPS) is 16.3. The van der Waals surface area contributed by atoms with E-state index < -0.39 is 0 Å². The van der Waals surface area contributed by atoms with Gasteiger partial charge in [-0.25, -0.2) is 0 Å². The Labute approximate surface area is 117 Å². The lowest BCUT2D eigenvalue weighted by Crippen LogP contribution is -2.23. The van der Waals surface area contributed by atoms with Gasteiger partial charge >= 0.3 is 0 Å². The van der Waals surface area contributed by atoms with Crippen molar-refractivity contribution in [3.8, 4) is 0 Å². The van der Waals surface area contributed by atoms with Crippen LogP contribution in [-0.4, -0.2) is 14.8 Å². The predicted octanol–water partition coefficient (Wildman–Crippen LogP) is 2.84. The summed E-state index contributed by atoms with van der Waals surface area (Å²) in [7, 11) is 0. The molecular formula is C14H20N4S. The summed E-state index contributed by atoms with van der Waals surface area (Å²) in [5.41, 5.74) is 0. The van der Waals surface area contributed by atoms with E-state index in [0.29, 0.717) is 0 Å². The van der Waals surface area contributed by atoms with E-state index in [1.165, 1.54) is 22.6 Å². The highest BCUT2D eigenvalue weighted by Gasteiger charge is 2.19. The Balaban J connectivity index is 1.67. The maximum absolute atomic E-state index is 4.37. The molecule has 3 heterocycles. The predicted molar refractivity (Wildman–Crippen MR) is 77.3 cm³/mol. The molecule has 2 aromatic heterocycles. The molecule has 0 aliphatic carbocycles. The Morgan fingerprint density at radius 2 is 2.26 bits per heavy atom. The van der Waals surface area contributed by atoms with Gasteiger partial charge in [-0.15, -0.1) is 21.5 Å². The van der Waals surface area contributed by atoms with Crippen LogP contribution in [0.5, 0.6) is 0 Å². The van der Waals surface area contributed by atoms with Crippen molar-refractivity contribution in [2.24, 2.45) is 0 Å². The monoisotopic (exact) mass is 276 g/mol. The standard InChI is InChI=1S/C14H20N4S/c1-10-6-7-12(19-10)9-15-11(2)14-17-16-13-5-3-4-8-18(13)14/h6-7,11,15H,3-5,8-9H2,1-2H3/t11-/m1/s1. The molecule has 0 spiro atoms. The summed E-state index contributed by atoms with van der Waals surface area (Å²) in [6, 6.07) is 4.62. The number of rotatable bonds is 4. The molecule has 0 fully saturated rings. The lowest BCUT2D eigenvalue weighted by atomic mass is 10.1. The Kier molecular flexibility index (Phi) is 3.66. The number of aromatic nitrogens is 3. The van der Waals surface area contributed by atoms with Gasteiger partial charge < -0.3 is 9.88 Å². The summed E-state index contributed by atoms with van der Waals surface area (Å²) in [4.78, 5) is 2.74. The van der Waals surface area contributed by atoms with Gasteiger partial charge in [0, 0.05) is 29.3 Å². The summed E-state index contributed by atoms with van der Waals surface area (Å²) in [5, 5.41) is 12.2. The third-order valence-electron chi connectivity index (χ3n) is 3.65. The highest BCUT2D eigenvalue weighted by Crippen LogP contribution is 2.20. The van der Waals surface area contributed by atoms with Crippen LogP contribution in [-0.2, 0) is 19.5 Å². The number of nitrogens with zero attached hydrogens (tertiary/aromatic N) is 3. The summed E-state index contributed by atoms with van der Waals surface area (Å²) in [5.74, 6) is 2.24. The SMILES string of the molecule is Cc1ccc(CN[C@H](C)c2nnc3n2CCCC3)s1. The van der Waals surface area contributed by atoms with Crippen molar-refractivity contribution in [1.82, 2.24) is 20.1 Å². The van der Waals surface area contributed by atoms with E-state index in [-0.39, 0.29) is 6.04 Å². The molecule has 0 amide bonds. The van der Waals surface area contributed by atoms with Crippen LogP contribution in [0.4, 0.5) is 0 Å². The van der Waals surface area contributed by atoms with Crippen molar-refractivity contribution in [3.63, 3.8) is 0 Å². The van der Waals surface area contributed by atoms with Gasteiger partial charge in [-0.3, -0.25) is 0 Å². The van der Waals surface area contributed by atoms with Crippen molar-refractivity contribution in [2.75, 3.05) is 0 Å². The molecule has 0 aromatic carbocycles. The largest absolute Gasteiger partial charge is 0.314 e. The number of fused-ring (bicyclic) bond motifs is 1. The highest BCUT2D eigenvalue weighted by molar-refractivity contribution is 7.11. The van der Waals surface area contributed by atoms with Gasteiger partial charge in [-0.2, -0.15) is 0 Å². The van der Waals surface area contributed by atoms with Crippen molar-refractivity contribution in [3.05, 3.63) is 33.5 Å². The fourth-order valence-corrected chi connectivity index (χ4v) is 3.42. The van der Waals surface area contributed by atoms with E-state index in [0.717, 1.165) is 31.2 Å². The van der Waals surface area contributed by atoms with E-state index in [9.17, 15) is 0 Å². The molecule has 19 heavy (non-hydrogen) atoms. The molecule has 1 N–H and O–H groups in total. The molecule has 1 atom stereocenters. The van der Waals surface area contributed by atoms with Crippen LogP contribution < -0.4 is 5.32 Å². The zero-order valence-corrected chi connectivity index (χ0v) is 12.3. The molecule has 0 saturated carbocycles. The van der Waals surface area contributed by atoms with E-state index >= 15 is 0 Å². The fraction of sp³-hybridized carbons (Fsp3) is 0.571. The number of nitrogens with one attached hydrogen (secondary N) is 1. The Morgan fingerprint density at radius 3 is 3.05 bits per heavy atom. The third-order valence-corrected chi connectivity index (χ3v) is 4.65. The first kappa shape index (κ1) is 12.8. The molecule has 1 aliphatic rings. The summed E-state index contributed by atoms with van der Waals surface area (Å²) >= 11 is 1.85. The zero-order chi connectivity index (χ0) is 13.2. The van der Waals surface area contributed by atoms with Crippen LogP contribution in [0.15, 0.2) is 12.1 Å². The second-order valence-electron chi connectivity index (χ2n) is 5.20. The number of thiophene rings is 1. The molecule has 5 heteroatoms. The molecule has 0 saturated heterocycles. The maximum atomic E-state index is 4.37. The van der Waals surface area contributed by atoms with Gasteiger partial charge in [-0.1, -0.05) is 0 Å². The molecule has 0 radical (unpaired) electrons. The van der Waals surface area contributed by atoms with Crippen LogP contribution in [0.3, 0.4) is 0 Å². The first-order valence-electron chi connectivity index (χ1n) is 6.94. The summed E-state index contributed by atoms with van der Waals surface area (Å²) in [6.45, 7) is 6.29. The van der Waals surface area contributed by atoms with E-state index in [1.54, 1.807) is 0 Å². The molecular weight excluding hydrogens is 256 g/mol. The third kappa shape index (κ3) is 2.72. The highest BCUT2D eigenvalue weighted by atomic mass is 32.1. The van der Waals surface area contributed by atoms with Gasteiger partial charge in [0.25, 0.3) is 0 Å². The minimum absolute atomic E-state index is 0.252. The summed E-state index contributed by atoms with van der Waals surface area (Å²) < 4.78 is 2.29. The smallest absolute Gasteiger partial charge is 0.149 e. The quantitative estimate of drug-likeness (QED) is 0.933. The number of aryl methyl sites for hydroxylation is 2. The van der Waals surface area contributed by atoms with Gasteiger partial charge in [0.2, 0.25) is 0 Å². The molecule has 0 unspecified atom stereocenters. The second-order valence-corrected chi connectivity index (χ2v) is 6.57. The van der Waals surface area contributed by atoms with Crippen LogP contribution in [0, 0.1) is 6.92 Å². The van der Waals surface area contributed by atoms with Crippen molar-refractivity contribution in [2.45, 2.75) is 52.2 Å². The molecule has 3 rings (SSSR count). The molecule has 1 aliphatic heterocycles. The van der Waals surface area contributed by atoms with Crippen LogP contribution >= 0.6 is 11.3 Å². The Bertz CT molecular complexity index is 558. The molecule has 0 bridgehead atoms. The van der Waals surface area contributed by atoms with Gasteiger partial charge in [-0.05, 0) is 38.8 Å². The van der Waals surface area contributed by atoms with Gasteiger partial charge in [0.05, 0.1) is 6.04 Å². The van der Waals surface area contributed by atoms with Crippen molar-refractivity contribution < 1.29 is 0 Å². The van der Waals surface area contributed by atoms with Crippen LogP contribution in [0.2, 0.25) is 0 Å². The molecule has 4 nitrogen and oxygen atoms in total. The fourth-order valence-electron chi connectivity index (χ4n) is 2.58. The molecule has 102 valence electrons. The van der Waals surface area contributed by atoms with Crippen molar-refractivity contribution >= 4 is 11.3 Å². The van der Waals surface area contributed by atoms with E-state index in [4.69, 9.17) is 0 Å². The second kappa shape index (κ2) is 5.43. The zero-order valence-electron chi connectivity index (χ0n) is 11.5. The van der Waals surface area contributed by atoms with Gasteiger partial charge in [0.15, 0.2) is 0 Å². The average molecular weight is 276 g/mol. The lowest BCUT2D eigenvalue weighted by molar-refractivity contribution is 0.466. The van der Waals surface area contributed by atoms with Crippen LogP contribution in [0.1, 0.15) is 47.2 Å². The van der Waals surface area contributed by atoms with E-state index in [2.05, 4.69) is 46.1 Å². The molecule has 2 aromatic rings. The van der Waals surface area contributed by atoms with Gasteiger partial charge in [0.1, 0.15) is 11.6 Å². The minimum atomic E-state index is 0.252. The lowest BCUT2D eigenvalue weighted by Gasteiger charge is -2.18. The Morgan fingerprint density at radius 1 is 1.37 bits per heavy atom. The summed E-state index contributed by atoms with van der Waals surface area (Å²) in [6.07, 6.45) is 3.56. The average Bonchev–Trinajstić information content (AvgIpc) is 3.02. The number of hydrogen-bond acceptors (Lipinski definition) is 4.